The minimum absolute atomic E-state index is 0.294. The summed E-state index contributed by atoms with van der Waals surface area (Å²) in [6.45, 7) is 2.40. The number of aliphatic hydroxyl groups excluding tert-OH is 1. The fourth-order valence-corrected chi connectivity index (χ4v) is 2.98. The van der Waals surface area contributed by atoms with E-state index in [0.29, 0.717) is 32.1 Å². The lowest BCUT2D eigenvalue weighted by Crippen LogP contribution is -2.51. The zero-order valence-electron chi connectivity index (χ0n) is 15.8. The Labute approximate surface area is 164 Å². The summed E-state index contributed by atoms with van der Waals surface area (Å²) in [7, 11) is 1.98. The highest BCUT2D eigenvalue weighted by atomic mass is 16.5. The summed E-state index contributed by atoms with van der Waals surface area (Å²) < 4.78 is 5.80. The maximum absolute atomic E-state index is 9.65. The number of ether oxygens (including phenoxy) is 1. The molecule has 1 aliphatic rings. The Bertz CT molecular complexity index is 901. The molecule has 1 N–H and O–H groups in total. The van der Waals surface area contributed by atoms with Gasteiger partial charge in [0.1, 0.15) is 24.0 Å². The van der Waals surface area contributed by atoms with E-state index in [4.69, 9.17) is 9.72 Å². The number of hydrogen-bond acceptors (Lipinski definition) is 7. The summed E-state index contributed by atoms with van der Waals surface area (Å²) >= 11 is 0. The van der Waals surface area contributed by atoms with Gasteiger partial charge in [-0.25, -0.2) is 9.97 Å². The largest absolute Gasteiger partial charge is 0.492 e. The SMILES string of the molecule is CN(CCOc1ccccc1)c1cc(N2CC(O)C2)nc(-c2cccnc2)n1. The van der Waals surface area contributed by atoms with Gasteiger partial charge in [-0.15, -0.1) is 0 Å². The van der Waals surface area contributed by atoms with Gasteiger partial charge in [0.05, 0.1) is 12.6 Å². The predicted octanol–water partition coefficient (Wildman–Crippen LogP) is 2.23. The van der Waals surface area contributed by atoms with Gasteiger partial charge < -0.3 is 19.6 Å². The van der Waals surface area contributed by atoms with Crippen LogP contribution in [0.15, 0.2) is 60.9 Å². The molecule has 3 heterocycles. The van der Waals surface area contributed by atoms with E-state index in [9.17, 15) is 5.11 Å². The minimum Gasteiger partial charge on any atom is -0.492 e. The van der Waals surface area contributed by atoms with Crippen LogP contribution in [0.5, 0.6) is 5.75 Å². The Kier molecular flexibility index (Phi) is 5.34. The van der Waals surface area contributed by atoms with E-state index in [0.717, 1.165) is 22.9 Å². The summed E-state index contributed by atoms with van der Waals surface area (Å²) in [6, 6.07) is 15.5. The lowest BCUT2D eigenvalue weighted by Gasteiger charge is -2.37. The number of likely N-dealkylation sites (N-methyl/N-ethyl adjacent to an activating group) is 1. The summed E-state index contributed by atoms with van der Waals surface area (Å²) in [5.41, 5.74) is 0.862. The molecule has 0 aliphatic carbocycles. The monoisotopic (exact) mass is 377 g/mol. The van der Waals surface area contributed by atoms with Crippen molar-refractivity contribution in [3.63, 3.8) is 0 Å². The number of aliphatic hydroxyl groups is 1. The number of benzene rings is 1. The average molecular weight is 377 g/mol. The van der Waals surface area contributed by atoms with E-state index in [1.54, 1.807) is 12.4 Å². The van der Waals surface area contributed by atoms with Crippen molar-refractivity contribution in [2.24, 2.45) is 0 Å². The summed E-state index contributed by atoms with van der Waals surface area (Å²) in [4.78, 5) is 17.7. The van der Waals surface area contributed by atoms with Crippen molar-refractivity contribution in [1.29, 1.82) is 0 Å². The Morgan fingerprint density at radius 2 is 1.96 bits per heavy atom. The molecule has 0 radical (unpaired) electrons. The van der Waals surface area contributed by atoms with E-state index in [2.05, 4.69) is 9.97 Å². The third kappa shape index (κ3) is 4.20. The van der Waals surface area contributed by atoms with Crippen LogP contribution in [0.4, 0.5) is 11.6 Å². The Balaban J connectivity index is 1.52. The van der Waals surface area contributed by atoms with Gasteiger partial charge in [0.25, 0.3) is 0 Å². The first-order valence-corrected chi connectivity index (χ1v) is 9.30. The van der Waals surface area contributed by atoms with E-state index in [1.807, 2.05) is 65.4 Å². The topological polar surface area (TPSA) is 74.6 Å². The molecule has 0 amide bonds. The zero-order valence-corrected chi connectivity index (χ0v) is 15.8. The van der Waals surface area contributed by atoms with Crippen LogP contribution in [-0.2, 0) is 0 Å². The number of β-amino-alcohol motifs (C(OH)–C–C–N with tert-alkyl or cyclic N) is 1. The molecular formula is C21H23N5O2. The molecule has 0 bridgehead atoms. The number of nitrogens with zero attached hydrogens (tertiary/aromatic N) is 5. The molecule has 2 aromatic heterocycles. The van der Waals surface area contributed by atoms with E-state index >= 15 is 0 Å². The highest BCUT2D eigenvalue weighted by Crippen LogP contribution is 2.26. The predicted molar refractivity (Wildman–Crippen MR) is 109 cm³/mol. The highest BCUT2D eigenvalue weighted by Gasteiger charge is 2.27. The number of para-hydroxylation sites is 1. The van der Waals surface area contributed by atoms with Crippen molar-refractivity contribution in [2.75, 3.05) is 43.1 Å². The lowest BCUT2D eigenvalue weighted by atomic mass is 10.1. The molecule has 144 valence electrons. The first-order valence-electron chi connectivity index (χ1n) is 9.30. The molecular weight excluding hydrogens is 354 g/mol. The number of anilines is 2. The first-order chi connectivity index (χ1) is 13.7. The number of pyridine rings is 1. The molecule has 0 saturated carbocycles. The molecule has 7 heteroatoms. The van der Waals surface area contributed by atoms with Gasteiger partial charge >= 0.3 is 0 Å². The van der Waals surface area contributed by atoms with Gasteiger partial charge in [0, 0.05) is 44.2 Å². The summed E-state index contributed by atoms with van der Waals surface area (Å²) in [6.07, 6.45) is 3.19. The van der Waals surface area contributed by atoms with Crippen molar-refractivity contribution in [2.45, 2.75) is 6.10 Å². The quantitative estimate of drug-likeness (QED) is 0.677. The molecule has 0 spiro atoms. The summed E-state index contributed by atoms with van der Waals surface area (Å²) in [5, 5.41) is 9.65. The van der Waals surface area contributed by atoms with Crippen molar-refractivity contribution in [3.8, 4) is 17.1 Å². The molecule has 1 aliphatic heterocycles. The second-order valence-corrected chi connectivity index (χ2v) is 6.79. The standard InChI is InChI=1S/C21H23N5O2/c1-25(10-11-28-18-7-3-2-4-8-18)19-12-20(26-14-17(27)15-26)24-21(23-19)16-6-5-9-22-13-16/h2-9,12-13,17,27H,10-11,14-15H2,1H3. The van der Waals surface area contributed by atoms with E-state index in [-0.39, 0.29) is 6.10 Å². The third-order valence-corrected chi connectivity index (χ3v) is 4.63. The smallest absolute Gasteiger partial charge is 0.165 e. The molecule has 28 heavy (non-hydrogen) atoms. The fraction of sp³-hybridized carbons (Fsp3) is 0.286. The Morgan fingerprint density at radius 1 is 1.14 bits per heavy atom. The fourth-order valence-electron chi connectivity index (χ4n) is 2.98. The molecule has 1 saturated heterocycles. The third-order valence-electron chi connectivity index (χ3n) is 4.63. The molecule has 1 aromatic carbocycles. The number of hydrogen-bond donors (Lipinski definition) is 1. The van der Waals surface area contributed by atoms with Crippen molar-refractivity contribution < 1.29 is 9.84 Å². The van der Waals surface area contributed by atoms with E-state index in [1.165, 1.54) is 0 Å². The van der Waals surface area contributed by atoms with Crippen LogP contribution in [0.25, 0.3) is 11.4 Å². The van der Waals surface area contributed by atoms with Gasteiger partial charge in [-0.05, 0) is 24.3 Å². The van der Waals surface area contributed by atoms with Crippen LogP contribution >= 0.6 is 0 Å². The molecule has 0 atom stereocenters. The van der Waals surface area contributed by atoms with Gasteiger partial charge in [0.15, 0.2) is 5.82 Å². The number of rotatable bonds is 7. The molecule has 4 rings (SSSR count). The second kappa shape index (κ2) is 8.22. The maximum Gasteiger partial charge on any atom is 0.165 e. The Hall–Kier alpha value is -3.19. The molecule has 0 unspecified atom stereocenters. The summed E-state index contributed by atoms with van der Waals surface area (Å²) in [5.74, 6) is 3.09. The van der Waals surface area contributed by atoms with Crippen molar-refractivity contribution in [1.82, 2.24) is 15.0 Å². The van der Waals surface area contributed by atoms with Crippen molar-refractivity contribution >= 4 is 11.6 Å². The normalized spacial score (nSPS) is 13.9. The van der Waals surface area contributed by atoms with Crippen molar-refractivity contribution in [3.05, 3.63) is 60.9 Å². The van der Waals surface area contributed by atoms with Gasteiger partial charge in [-0.3, -0.25) is 4.98 Å². The average Bonchev–Trinajstić information content (AvgIpc) is 2.72. The van der Waals surface area contributed by atoms with Crippen LogP contribution in [0.3, 0.4) is 0 Å². The molecule has 3 aromatic rings. The lowest BCUT2D eigenvalue weighted by molar-refractivity contribution is 0.141. The Morgan fingerprint density at radius 3 is 2.68 bits per heavy atom. The van der Waals surface area contributed by atoms with Gasteiger partial charge in [0.2, 0.25) is 0 Å². The van der Waals surface area contributed by atoms with Crippen LogP contribution in [0.1, 0.15) is 0 Å². The van der Waals surface area contributed by atoms with Gasteiger partial charge in [-0.2, -0.15) is 0 Å². The van der Waals surface area contributed by atoms with Crippen LogP contribution in [0, 0.1) is 0 Å². The van der Waals surface area contributed by atoms with Crippen LogP contribution < -0.4 is 14.5 Å². The second-order valence-electron chi connectivity index (χ2n) is 6.79. The maximum atomic E-state index is 9.65. The van der Waals surface area contributed by atoms with E-state index < -0.39 is 0 Å². The first kappa shape index (κ1) is 18.2. The minimum atomic E-state index is -0.294. The zero-order chi connectivity index (χ0) is 19.3. The van der Waals surface area contributed by atoms with Gasteiger partial charge in [-0.1, -0.05) is 18.2 Å². The molecule has 7 nitrogen and oxygen atoms in total. The molecule has 1 fully saturated rings. The van der Waals surface area contributed by atoms with Crippen LogP contribution in [-0.4, -0.2) is 59.5 Å². The number of aromatic nitrogens is 3. The highest BCUT2D eigenvalue weighted by molar-refractivity contribution is 5.62. The van der Waals surface area contributed by atoms with Crippen LogP contribution in [0.2, 0.25) is 0 Å².